The fourth-order valence-electron chi connectivity index (χ4n) is 5.55. The number of hydrogen-bond acceptors (Lipinski definition) is 6. The molecule has 0 saturated carbocycles. The quantitative estimate of drug-likeness (QED) is 0.275. The van der Waals surface area contributed by atoms with E-state index in [0.717, 1.165) is 6.54 Å². The van der Waals surface area contributed by atoms with Gasteiger partial charge in [-0.05, 0) is 61.0 Å². The minimum absolute atomic E-state index is 0.00660. The second-order valence-electron chi connectivity index (χ2n) is 11.7. The molecule has 0 aliphatic carbocycles. The number of likely N-dealkylation sites (N-methyl/N-ethyl adjacent to an activating group) is 1. The van der Waals surface area contributed by atoms with Crippen LogP contribution in [0.5, 0.6) is 5.75 Å². The maximum Gasteiger partial charge on any atom is 0.255 e. The third-order valence-electron chi connectivity index (χ3n) is 8.12. The van der Waals surface area contributed by atoms with Crippen molar-refractivity contribution in [1.82, 2.24) is 14.8 Å². The number of anilines is 1. The fourth-order valence-corrected chi connectivity index (χ4v) is 5.55. The molecule has 0 fully saturated rings. The Kier molecular flexibility index (Phi) is 10.0. The van der Waals surface area contributed by atoms with Gasteiger partial charge < -0.3 is 20.1 Å². The molecule has 8 heteroatoms. The van der Waals surface area contributed by atoms with Crippen LogP contribution in [0.15, 0.2) is 97.3 Å². The first-order valence-electron chi connectivity index (χ1n) is 15.0. The first kappa shape index (κ1) is 30.9. The number of aliphatic hydroxyl groups is 1. The molecule has 8 nitrogen and oxygen atoms in total. The molecule has 1 aliphatic heterocycles. The Bertz CT molecular complexity index is 1550. The summed E-state index contributed by atoms with van der Waals surface area (Å²) in [6, 6.07) is 27.3. The third-order valence-corrected chi connectivity index (χ3v) is 8.12. The molecule has 0 saturated heterocycles. The minimum Gasteiger partial charge on any atom is -0.488 e. The van der Waals surface area contributed by atoms with Crippen LogP contribution in [0.2, 0.25) is 0 Å². The lowest BCUT2D eigenvalue weighted by atomic mass is 10.0. The van der Waals surface area contributed by atoms with Crippen LogP contribution in [0.4, 0.5) is 5.69 Å². The fraction of sp³-hybridized carbons (Fsp3) is 0.306. The van der Waals surface area contributed by atoms with Crippen molar-refractivity contribution >= 4 is 17.5 Å². The highest BCUT2D eigenvalue weighted by Gasteiger charge is 2.31. The number of nitrogens with one attached hydrogen (secondary N) is 1. The summed E-state index contributed by atoms with van der Waals surface area (Å²) in [4.78, 5) is 34.3. The number of benzene rings is 3. The summed E-state index contributed by atoms with van der Waals surface area (Å²) in [5.74, 6) is 0.264. The van der Waals surface area contributed by atoms with E-state index in [4.69, 9.17) is 4.74 Å². The van der Waals surface area contributed by atoms with Gasteiger partial charge in [0.1, 0.15) is 11.9 Å². The summed E-state index contributed by atoms with van der Waals surface area (Å²) in [6.45, 7) is 5.66. The summed E-state index contributed by atoms with van der Waals surface area (Å²) < 4.78 is 6.67. The summed E-state index contributed by atoms with van der Waals surface area (Å²) in [7, 11) is 2.08. The summed E-state index contributed by atoms with van der Waals surface area (Å²) >= 11 is 0. The highest BCUT2D eigenvalue weighted by atomic mass is 16.5. The smallest absolute Gasteiger partial charge is 0.255 e. The van der Waals surface area contributed by atoms with Gasteiger partial charge >= 0.3 is 0 Å². The van der Waals surface area contributed by atoms with E-state index < -0.39 is 0 Å². The number of fused-ring (bicyclic) bond motifs is 1. The average molecular weight is 593 g/mol. The van der Waals surface area contributed by atoms with E-state index in [1.165, 1.54) is 16.7 Å². The molecular weight excluding hydrogens is 552 g/mol. The molecular formula is C36H40N4O4. The van der Waals surface area contributed by atoms with Crippen LogP contribution >= 0.6 is 0 Å². The minimum atomic E-state index is -0.331. The molecule has 2 N–H and O–H groups in total. The average Bonchev–Trinajstić information content (AvgIpc) is 3.09. The van der Waals surface area contributed by atoms with Gasteiger partial charge in [-0.15, -0.1) is 0 Å². The van der Waals surface area contributed by atoms with Crippen molar-refractivity contribution < 1.29 is 19.4 Å². The zero-order valence-corrected chi connectivity index (χ0v) is 25.5. The van der Waals surface area contributed by atoms with Gasteiger partial charge in [0.2, 0.25) is 5.91 Å². The van der Waals surface area contributed by atoms with Crippen molar-refractivity contribution in [3.05, 3.63) is 114 Å². The van der Waals surface area contributed by atoms with E-state index in [2.05, 4.69) is 65.6 Å². The first-order valence-corrected chi connectivity index (χ1v) is 15.0. The lowest BCUT2D eigenvalue weighted by molar-refractivity contribution is -0.134. The van der Waals surface area contributed by atoms with E-state index in [9.17, 15) is 14.7 Å². The van der Waals surface area contributed by atoms with Crippen LogP contribution in [-0.2, 0) is 17.8 Å². The SMILES string of the molecule is C[C@H]1CN([C@@H](C)CO)C(=O)Cc2cc(NC(=O)c3ccncc3)ccc2O[C@@H]1CN(C)Cc1ccc(-c2ccccc2)cc1. The number of carbonyl (C=O) groups excluding carboxylic acids is 2. The standard InChI is InChI=1S/C36H40N4O4/c1-25-21-40(26(2)24-41)35(42)20-31-19-32(38-36(43)30-15-17-37-18-16-30)13-14-33(31)44-34(25)23-39(3)22-27-9-11-29(12-10-27)28-7-5-4-6-8-28/h4-19,25-26,34,41H,20-24H2,1-3H3,(H,38,43)/t25-,26-,34+/m0/s1. The molecule has 44 heavy (non-hydrogen) atoms. The topological polar surface area (TPSA) is 95.0 Å². The molecule has 0 radical (unpaired) electrons. The second kappa shape index (κ2) is 14.3. The molecule has 2 amide bonds. The molecule has 4 aromatic rings. The van der Waals surface area contributed by atoms with E-state index in [1.807, 2.05) is 31.2 Å². The predicted octanol–water partition coefficient (Wildman–Crippen LogP) is 5.28. The van der Waals surface area contributed by atoms with Gasteiger partial charge in [0.05, 0.1) is 19.1 Å². The van der Waals surface area contributed by atoms with Gasteiger partial charge in [0.15, 0.2) is 0 Å². The van der Waals surface area contributed by atoms with E-state index in [0.29, 0.717) is 35.7 Å². The van der Waals surface area contributed by atoms with Crippen LogP contribution in [0.1, 0.15) is 35.3 Å². The van der Waals surface area contributed by atoms with Crippen molar-refractivity contribution in [2.75, 3.05) is 32.1 Å². The molecule has 0 bridgehead atoms. The van der Waals surface area contributed by atoms with Crippen molar-refractivity contribution in [2.24, 2.45) is 5.92 Å². The molecule has 2 heterocycles. The number of carbonyl (C=O) groups is 2. The number of aromatic nitrogens is 1. The zero-order valence-electron chi connectivity index (χ0n) is 25.5. The Hall–Kier alpha value is -4.53. The maximum absolute atomic E-state index is 13.5. The molecule has 228 valence electrons. The lowest BCUT2D eigenvalue weighted by Crippen LogP contribution is -2.47. The normalized spacial score (nSPS) is 17.6. The Balaban J connectivity index is 1.35. The maximum atomic E-state index is 13.5. The van der Waals surface area contributed by atoms with Crippen LogP contribution in [0.25, 0.3) is 11.1 Å². The van der Waals surface area contributed by atoms with E-state index >= 15 is 0 Å². The Morgan fingerprint density at radius 1 is 1.05 bits per heavy atom. The van der Waals surface area contributed by atoms with Crippen LogP contribution in [0, 0.1) is 5.92 Å². The lowest BCUT2D eigenvalue weighted by Gasteiger charge is -2.34. The number of hydrogen-bond donors (Lipinski definition) is 2. The van der Waals surface area contributed by atoms with Gasteiger partial charge in [0.25, 0.3) is 5.91 Å². The van der Waals surface area contributed by atoms with Crippen molar-refractivity contribution in [2.45, 2.75) is 39.0 Å². The molecule has 3 atom stereocenters. The Labute approximate surface area is 259 Å². The zero-order chi connectivity index (χ0) is 31.1. The van der Waals surface area contributed by atoms with Crippen LogP contribution in [-0.4, -0.2) is 70.6 Å². The van der Waals surface area contributed by atoms with Gasteiger partial charge in [-0.2, -0.15) is 0 Å². The number of nitrogens with zero attached hydrogens (tertiary/aromatic N) is 3. The molecule has 0 spiro atoms. The van der Waals surface area contributed by atoms with Gasteiger partial charge in [-0.3, -0.25) is 19.5 Å². The monoisotopic (exact) mass is 592 g/mol. The largest absolute Gasteiger partial charge is 0.488 e. The highest BCUT2D eigenvalue weighted by Crippen LogP contribution is 2.30. The summed E-state index contributed by atoms with van der Waals surface area (Å²) in [5.41, 5.74) is 5.32. The third kappa shape index (κ3) is 7.70. The molecule has 5 rings (SSSR count). The summed E-state index contributed by atoms with van der Waals surface area (Å²) in [5, 5.41) is 12.9. The summed E-state index contributed by atoms with van der Waals surface area (Å²) in [6.07, 6.45) is 3.02. The van der Waals surface area contributed by atoms with Crippen molar-refractivity contribution in [1.29, 1.82) is 0 Å². The molecule has 1 aromatic heterocycles. The number of aliphatic hydroxyl groups excluding tert-OH is 1. The van der Waals surface area contributed by atoms with Crippen LogP contribution in [0.3, 0.4) is 0 Å². The molecule has 1 aliphatic rings. The van der Waals surface area contributed by atoms with Crippen LogP contribution < -0.4 is 10.1 Å². The van der Waals surface area contributed by atoms with E-state index in [-0.39, 0.29) is 42.9 Å². The van der Waals surface area contributed by atoms with Gasteiger partial charge in [0, 0.05) is 54.8 Å². The van der Waals surface area contributed by atoms with Gasteiger partial charge in [-0.25, -0.2) is 0 Å². The molecule has 0 unspecified atom stereocenters. The predicted molar refractivity (Wildman–Crippen MR) is 172 cm³/mol. The van der Waals surface area contributed by atoms with Gasteiger partial charge in [-0.1, -0.05) is 61.5 Å². The number of rotatable bonds is 9. The van der Waals surface area contributed by atoms with E-state index in [1.54, 1.807) is 41.6 Å². The second-order valence-corrected chi connectivity index (χ2v) is 11.7. The Morgan fingerprint density at radius 2 is 1.75 bits per heavy atom. The Morgan fingerprint density at radius 3 is 2.45 bits per heavy atom. The highest BCUT2D eigenvalue weighted by molar-refractivity contribution is 6.04. The number of pyridine rings is 1. The number of amides is 2. The van der Waals surface area contributed by atoms with Crippen molar-refractivity contribution in [3.63, 3.8) is 0 Å². The molecule has 3 aromatic carbocycles. The van der Waals surface area contributed by atoms with Crippen molar-refractivity contribution in [3.8, 4) is 16.9 Å². The number of ether oxygens (including phenoxy) is 1. The first-order chi connectivity index (χ1) is 21.3.